The van der Waals surface area contributed by atoms with Gasteiger partial charge in [-0.1, -0.05) is 19.1 Å². The van der Waals surface area contributed by atoms with Crippen molar-refractivity contribution in [1.82, 2.24) is 0 Å². The third-order valence-electron chi connectivity index (χ3n) is 13.6. The zero-order chi connectivity index (χ0) is 43.6. The molecular weight excluding hydrogens is 801 g/mol. The van der Waals surface area contributed by atoms with E-state index in [4.69, 9.17) is 28.4 Å². The molecule has 0 bridgehead atoms. The minimum atomic E-state index is -1.01. The van der Waals surface area contributed by atoms with Gasteiger partial charge in [0.05, 0.1) is 31.5 Å². The lowest BCUT2D eigenvalue weighted by Crippen LogP contribution is -2.47. The van der Waals surface area contributed by atoms with Gasteiger partial charge in [0.1, 0.15) is 46.4 Å². The van der Waals surface area contributed by atoms with Crippen LogP contribution in [0, 0.1) is 11.8 Å². The molecule has 1 fully saturated rings. The van der Waals surface area contributed by atoms with Crippen LogP contribution in [0.5, 0.6) is 40.2 Å². The fourth-order valence-electron chi connectivity index (χ4n) is 10.6. The molecule has 5 N–H and O–H groups in total. The second kappa shape index (κ2) is 18.9. The van der Waals surface area contributed by atoms with Gasteiger partial charge in [-0.05, 0) is 141 Å². The van der Waals surface area contributed by atoms with Gasteiger partial charge in [-0.25, -0.2) is 0 Å². The average molecular weight is 861 g/mol. The number of hydrogen-bond donors (Lipinski definition) is 5. The number of aliphatic hydroxyl groups excluding tert-OH is 2. The van der Waals surface area contributed by atoms with Crippen LogP contribution in [-0.2, 0) is 28.7 Å². The van der Waals surface area contributed by atoms with E-state index in [0.717, 1.165) is 88.2 Å². The van der Waals surface area contributed by atoms with Crippen molar-refractivity contribution in [3.8, 4) is 51.4 Å². The Kier molecular flexibility index (Phi) is 12.9. The Bertz CT molecular complexity index is 2420. The second-order valence-electron chi connectivity index (χ2n) is 17.6. The predicted octanol–water partition coefficient (Wildman–Crippen LogP) is 9.41. The highest BCUT2D eigenvalue weighted by atomic mass is 16.5. The number of phenolic OH excluding ortho intramolecular Hbond substituents is 3. The number of hydrogen-bond acceptors (Lipinski definition) is 11. The quantitative estimate of drug-likeness (QED) is 0.0640. The Balaban J connectivity index is 1.17. The van der Waals surface area contributed by atoms with Crippen LogP contribution in [0.15, 0.2) is 66.7 Å². The predicted molar refractivity (Wildman–Crippen MR) is 240 cm³/mol. The molecule has 5 unspecified atom stereocenters. The lowest BCUT2D eigenvalue weighted by atomic mass is 9.71. The molecule has 0 saturated heterocycles. The van der Waals surface area contributed by atoms with Gasteiger partial charge < -0.3 is 54.0 Å². The standard InChI is InChI=1S/C52H60O11/c1-3-30-25-40(31-10-6-11-34(54)23-31)32(26-44(30)56)22-33-24-37(62-36-12-4-5-13-36)28-42-48(57)43(29-61-49(33)42)46-45(15-8-19-58-2)63-51-38-17-16-35(55)27-41(38)50-39(14-7-20-59-50)47(51)52(46)60-21-9-18-53/h6,10-11,16-17,23-28,36,43,45-46,48,52-57H,3-5,7-9,12-15,18-22,29H2,1-2H3. The molecule has 0 spiro atoms. The van der Waals surface area contributed by atoms with Crippen LogP contribution in [0.1, 0.15) is 104 Å². The van der Waals surface area contributed by atoms with Gasteiger partial charge in [0, 0.05) is 78.2 Å². The van der Waals surface area contributed by atoms with E-state index in [9.17, 15) is 25.5 Å². The number of aromatic hydroxyl groups is 3. The molecule has 11 heteroatoms. The normalized spacial score (nSPS) is 21.8. The van der Waals surface area contributed by atoms with E-state index in [1.54, 1.807) is 31.4 Å². The molecule has 0 radical (unpaired) electrons. The second-order valence-corrected chi connectivity index (χ2v) is 17.6. The maximum Gasteiger partial charge on any atom is 0.133 e. The first-order valence-electron chi connectivity index (χ1n) is 22.9. The number of rotatable bonds is 15. The molecule has 334 valence electrons. The SMILES string of the molecule is CCc1cc(-c2cccc(O)c2)c(Cc2cc(OC3CCCC3)cc3c2OCC(C2C(CCCOC)Oc4c(c5c(c6cc(O)ccc46)OCCC5)C2OCCCO)C3O)cc1O. The molecule has 4 aliphatic rings. The van der Waals surface area contributed by atoms with Crippen LogP contribution in [0.4, 0.5) is 0 Å². The fraction of sp³-hybridized carbons (Fsp3) is 0.462. The van der Waals surface area contributed by atoms with Crippen molar-refractivity contribution in [2.45, 2.75) is 102 Å². The van der Waals surface area contributed by atoms with Gasteiger partial charge in [0.15, 0.2) is 0 Å². The molecule has 1 aliphatic carbocycles. The van der Waals surface area contributed by atoms with Crippen LogP contribution in [-0.4, -0.2) is 77.9 Å². The van der Waals surface area contributed by atoms with Crippen LogP contribution >= 0.6 is 0 Å². The molecule has 5 aromatic rings. The molecule has 0 aromatic heterocycles. The van der Waals surface area contributed by atoms with Gasteiger partial charge in [-0.2, -0.15) is 0 Å². The van der Waals surface area contributed by atoms with Gasteiger partial charge in [0.25, 0.3) is 0 Å². The van der Waals surface area contributed by atoms with E-state index in [0.29, 0.717) is 80.5 Å². The highest BCUT2D eigenvalue weighted by molar-refractivity contribution is 5.97. The molecule has 5 aromatic carbocycles. The number of aliphatic hydroxyl groups is 2. The van der Waals surface area contributed by atoms with Gasteiger partial charge >= 0.3 is 0 Å². The van der Waals surface area contributed by atoms with Crippen LogP contribution in [0.2, 0.25) is 0 Å². The molecule has 0 amide bonds. The van der Waals surface area contributed by atoms with Crippen molar-refractivity contribution < 1.29 is 54.0 Å². The van der Waals surface area contributed by atoms with Crippen LogP contribution in [0.25, 0.3) is 21.9 Å². The highest BCUT2D eigenvalue weighted by Gasteiger charge is 2.50. The lowest BCUT2D eigenvalue weighted by molar-refractivity contribution is -0.114. The molecule has 5 atom stereocenters. The summed E-state index contributed by atoms with van der Waals surface area (Å²) >= 11 is 0. The fourth-order valence-corrected chi connectivity index (χ4v) is 10.6. The van der Waals surface area contributed by atoms with E-state index in [2.05, 4.69) is 0 Å². The summed E-state index contributed by atoms with van der Waals surface area (Å²) in [6.07, 6.45) is 6.50. The van der Waals surface area contributed by atoms with Crippen molar-refractivity contribution in [1.29, 1.82) is 0 Å². The van der Waals surface area contributed by atoms with E-state index >= 15 is 0 Å². The minimum absolute atomic E-state index is 0.0303. The first-order valence-corrected chi connectivity index (χ1v) is 22.9. The molecule has 3 heterocycles. The maximum atomic E-state index is 13.0. The topological polar surface area (TPSA) is 157 Å². The zero-order valence-corrected chi connectivity index (χ0v) is 36.3. The summed E-state index contributed by atoms with van der Waals surface area (Å²) < 4.78 is 39.7. The zero-order valence-electron chi connectivity index (χ0n) is 36.3. The summed E-state index contributed by atoms with van der Waals surface area (Å²) in [4.78, 5) is 0. The van der Waals surface area contributed by atoms with Gasteiger partial charge in [-0.15, -0.1) is 0 Å². The van der Waals surface area contributed by atoms with Crippen LogP contribution < -0.4 is 18.9 Å². The Morgan fingerprint density at radius 3 is 2.43 bits per heavy atom. The summed E-state index contributed by atoms with van der Waals surface area (Å²) in [5.74, 6) is 2.27. The van der Waals surface area contributed by atoms with E-state index < -0.39 is 30.1 Å². The maximum absolute atomic E-state index is 13.0. The summed E-state index contributed by atoms with van der Waals surface area (Å²) in [6, 6.07) is 20.2. The summed E-state index contributed by atoms with van der Waals surface area (Å²) in [7, 11) is 1.69. The van der Waals surface area contributed by atoms with Crippen molar-refractivity contribution >= 4 is 10.8 Å². The number of fused-ring (bicyclic) bond motifs is 7. The van der Waals surface area contributed by atoms with Crippen molar-refractivity contribution in [3.63, 3.8) is 0 Å². The van der Waals surface area contributed by atoms with Gasteiger partial charge in [-0.3, -0.25) is 0 Å². The third kappa shape index (κ3) is 8.60. The number of methoxy groups -OCH3 is 1. The molecule has 1 saturated carbocycles. The molecular formula is C52H60O11. The Morgan fingerprint density at radius 2 is 1.63 bits per heavy atom. The monoisotopic (exact) mass is 860 g/mol. The largest absolute Gasteiger partial charge is 0.508 e. The first kappa shape index (κ1) is 43.1. The van der Waals surface area contributed by atoms with E-state index in [-0.39, 0.29) is 36.6 Å². The number of phenols is 3. The Labute approximate surface area is 369 Å². The van der Waals surface area contributed by atoms with E-state index in [1.807, 2.05) is 49.4 Å². The van der Waals surface area contributed by atoms with Gasteiger partial charge in [0.2, 0.25) is 0 Å². The van der Waals surface area contributed by atoms with Crippen molar-refractivity contribution in [2.24, 2.45) is 11.8 Å². The summed E-state index contributed by atoms with van der Waals surface area (Å²) in [5, 5.41) is 56.8. The molecule has 11 nitrogen and oxygen atoms in total. The van der Waals surface area contributed by atoms with E-state index in [1.165, 1.54) is 0 Å². The number of ether oxygens (including phenoxy) is 6. The minimum Gasteiger partial charge on any atom is -0.508 e. The summed E-state index contributed by atoms with van der Waals surface area (Å²) in [5.41, 5.74) is 6.68. The number of aryl methyl sites for hydroxylation is 1. The smallest absolute Gasteiger partial charge is 0.133 e. The van der Waals surface area contributed by atoms with Crippen molar-refractivity contribution in [2.75, 3.05) is 40.1 Å². The Morgan fingerprint density at radius 1 is 0.794 bits per heavy atom. The lowest BCUT2D eigenvalue weighted by Gasteiger charge is -2.47. The van der Waals surface area contributed by atoms with Crippen molar-refractivity contribution in [3.05, 3.63) is 100 Å². The molecule has 63 heavy (non-hydrogen) atoms. The summed E-state index contributed by atoms with van der Waals surface area (Å²) in [6.45, 7) is 3.52. The molecule has 3 aliphatic heterocycles. The van der Waals surface area contributed by atoms with Crippen LogP contribution in [0.3, 0.4) is 0 Å². The highest BCUT2D eigenvalue weighted by Crippen LogP contribution is 2.57. The Hall–Kier alpha value is -5.20. The number of benzene rings is 5. The molecule has 9 rings (SSSR count). The first-order chi connectivity index (χ1) is 30.8. The average Bonchev–Trinajstić information content (AvgIpc) is 3.80. The third-order valence-corrected chi connectivity index (χ3v) is 13.6.